The summed E-state index contributed by atoms with van der Waals surface area (Å²) in [6.45, 7) is 2.10. The van der Waals surface area contributed by atoms with Crippen LogP contribution in [0.25, 0.3) is 11.0 Å². The van der Waals surface area contributed by atoms with Gasteiger partial charge in [-0.15, -0.1) is 0 Å². The van der Waals surface area contributed by atoms with Crippen LogP contribution in [0.3, 0.4) is 0 Å². The number of aliphatic hydroxyl groups excluding tert-OH is 1. The molecule has 3 rings (SSSR count). The molecule has 2 aromatic rings. The summed E-state index contributed by atoms with van der Waals surface area (Å²) >= 11 is 6.04. The van der Waals surface area contributed by atoms with Gasteiger partial charge in [0.25, 0.3) is 0 Å². The Balaban J connectivity index is 1.84. The molecule has 1 aromatic carbocycles. The van der Waals surface area contributed by atoms with Crippen LogP contribution in [-0.2, 0) is 7.05 Å². The van der Waals surface area contributed by atoms with E-state index < -0.39 is 0 Å². The van der Waals surface area contributed by atoms with E-state index in [1.807, 2.05) is 25.2 Å². The van der Waals surface area contributed by atoms with E-state index in [-0.39, 0.29) is 18.2 Å². The zero-order valence-corrected chi connectivity index (χ0v) is 13.3. The van der Waals surface area contributed by atoms with Gasteiger partial charge in [0, 0.05) is 18.1 Å². The van der Waals surface area contributed by atoms with Crippen molar-refractivity contribution in [2.75, 3.05) is 0 Å². The van der Waals surface area contributed by atoms with Crippen molar-refractivity contribution < 1.29 is 5.11 Å². The van der Waals surface area contributed by atoms with Crippen LogP contribution in [0.5, 0.6) is 0 Å². The molecule has 3 atom stereocenters. The number of rotatable bonds is 3. The molecule has 0 bridgehead atoms. The molecule has 0 spiro atoms. The summed E-state index contributed by atoms with van der Waals surface area (Å²) in [7, 11) is 2.02. The molecule has 21 heavy (non-hydrogen) atoms. The lowest BCUT2D eigenvalue weighted by atomic mass is 9.92. The number of nitrogens with zero attached hydrogens (tertiary/aromatic N) is 2. The van der Waals surface area contributed by atoms with E-state index >= 15 is 0 Å². The first-order valence-electron chi connectivity index (χ1n) is 7.62. The highest BCUT2D eigenvalue weighted by Gasteiger charge is 2.26. The Morgan fingerprint density at radius 2 is 2.14 bits per heavy atom. The molecule has 1 aromatic heterocycles. The van der Waals surface area contributed by atoms with Crippen molar-refractivity contribution in [3.63, 3.8) is 0 Å². The largest absolute Gasteiger partial charge is 0.392 e. The van der Waals surface area contributed by atoms with Crippen LogP contribution in [0.1, 0.15) is 44.5 Å². The Kier molecular flexibility index (Phi) is 4.20. The summed E-state index contributed by atoms with van der Waals surface area (Å²) in [5, 5.41) is 14.3. The number of imidazole rings is 1. The van der Waals surface area contributed by atoms with E-state index in [1.165, 1.54) is 6.42 Å². The first kappa shape index (κ1) is 14.8. The minimum absolute atomic E-state index is 0.0962. The van der Waals surface area contributed by atoms with Crippen LogP contribution in [0.15, 0.2) is 18.2 Å². The van der Waals surface area contributed by atoms with Crippen LogP contribution in [-0.4, -0.2) is 26.8 Å². The Labute approximate surface area is 130 Å². The number of aromatic nitrogens is 2. The van der Waals surface area contributed by atoms with Gasteiger partial charge in [-0.05, 0) is 38.0 Å². The molecule has 1 saturated carbocycles. The van der Waals surface area contributed by atoms with E-state index in [0.717, 1.165) is 36.1 Å². The molecule has 2 N–H and O–H groups in total. The monoisotopic (exact) mass is 307 g/mol. The van der Waals surface area contributed by atoms with Crippen LogP contribution < -0.4 is 5.32 Å². The van der Waals surface area contributed by atoms with Gasteiger partial charge in [0.2, 0.25) is 0 Å². The number of aliphatic hydroxyl groups is 1. The fraction of sp³-hybridized carbons (Fsp3) is 0.562. The average Bonchev–Trinajstić information content (AvgIpc) is 2.78. The minimum atomic E-state index is -0.245. The van der Waals surface area contributed by atoms with Crippen molar-refractivity contribution in [3.8, 4) is 0 Å². The Hall–Kier alpha value is -1.10. The molecule has 0 radical (unpaired) electrons. The van der Waals surface area contributed by atoms with Gasteiger partial charge in [0.1, 0.15) is 5.82 Å². The standard InChI is InChI=1S/C16H22ClN3O/c1-10(18-12-5-3-4-6-15(12)21)16-19-13-9-11(17)7-8-14(13)20(16)2/h7-10,12,15,18,21H,3-6H2,1-2H3. The highest BCUT2D eigenvalue weighted by molar-refractivity contribution is 6.31. The molecule has 3 unspecified atom stereocenters. The van der Waals surface area contributed by atoms with Gasteiger partial charge < -0.3 is 15.0 Å². The summed E-state index contributed by atoms with van der Waals surface area (Å²) in [4.78, 5) is 4.70. The molecule has 1 heterocycles. The van der Waals surface area contributed by atoms with Crippen molar-refractivity contribution >= 4 is 22.6 Å². The quantitative estimate of drug-likeness (QED) is 0.915. The third-order valence-electron chi connectivity index (χ3n) is 4.46. The number of halogens is 1. The van der Waals surface area contributed by atoms with E-state index in [2.05, 4.69) is 16.8 Å². The highest BCUT2D eigenvalue weighted by atomic mass is 35.5. The van der Waals surface area contributed by atoms with Crippen molar-refractivity contribution in [1.82, 2.24) is 14.9 Å². The van der Waals surface area contributed by atoms with Crippen molar-refractivity contribution in [2.45, 2.75) is 50.8 Å². The summed E-state index contributed by atoms with van der Waals surface area (Å²) in [6, 6.07) is 6.04. The lowest BCUT2D eigenvalue weighted by Gasteiger charge is -2.31. The number of fused-ring (bicyclic) bond motifs is 1. The molecule has 114 valence electrons. The van der Waals surface area contributed by atoms with E-state index in [4.69, 9.17) is 16.6 Å². The summed E-state index contributed by atoms with van der Waals surface area (Å²) in [6.07, 6.45) is 3.98. The number of nitrogens with one attached hydrogen (secondary N) is 1. The zero-order chi connectivity index (χ0) is 15.0. The second kappa shape index (κ2) is 5.95. The molecular formula is C16H22ClN3O. The van der Waals surface area contributed by atoms with Gasteiger partial charge >= 0.3 is 0 Å². The number of hydrogen-bond donors (Lipinski definition) is 2. The molecule has 1 aliphatic carbocycles. The molecule has 1 fully saturated rings. The number of aryl methyl sites for hydroxylation is 1. The van der Waals surface area contributed by atoms with E-state index in [0.29, 0.717) is 5.02 Å². The summed E-state index contributed by atoms with van der Waals surface area (Å²) in [5.74, 6) is 0.977. The minimum Gasteiger partial charge on any atom is -0.392 e. The number of hydrogen-bond acceptors (Lipinski definition) is 3. The van der Waals surface area contributed by atoms with Crippen molar-refractivity contribution in [3.05, 3.63) is 29.0 Å². The van der Waals surface area contributed by atoms with Crippen LogP contribution in [0, 0.1) is 0 Å². The van der Waals surface area contributed by atoms with Crippen LogP contribution in [0.4, 0.5) is 0 Å². The fourth-order valence-corrected chi connectivity index (χ4v) is 3.45. The van der Waals surface area contributed by atoms with Crippen molar-refractivity contribution in [1.29, 1.82) is 0 Å². The second-order valence-electron chi connectivity index (χ2n) is 6.01. The SMILES string of the molecule is CC(NC1CCCCC1O)c1nc2cc(Cl)ccc2n1C. The second-order valence-corrected chi connectivity index (χ2v) is 6.45. The number of benzene rings is 1. The first-order valence-corrected chi connectivity index (χ1v) is 8.00. The van der Waals surface area contributed by atoms with Crippen molar-refractivity contribution in [2.24, 2.45) is 7.05 Å². The Morgan fingerprint density at radius 1 is 1.38 bits per heavy atom. The zero-order valence-electron chi connectivity index (χ0n) is 12.5. The van der Waals surface area contributed by atoms with Gasteiger partial charge in [0.15, 0.2) is 0 Å². The van der Waals surface area contributed by atoms with Crippen LogP contribution in [0.2, 0.25) is 5.02 Å². The van der Waals surface area contributed by atoms with Gasteiger partial charge in [-0.3, -0.25) is 0 Å². The maximum Gasteiger partial charge on any atom is 0.126 e. The van der Waals surface area contributed by atoms with Crippen LogP contribution >= 0.6 is 11.6 Å². The molecule has 5 heteroatoms. The first-order chi connectivity index (χ1) is 10.1. The molecular weight excluding hydrogens is 286 g/mol. The predicted octanol–water partition coefficient (Wildman–Crippen LogP) is 3.18. The predicted molar refractivity (Wildman–Crippen MR) is 85.5 cm³/mol. The van der Waals surface area contributed by atoms with E-state index in [1.54, 1.807) is 0 Å². The normalized spacial score (nSPS) is 24.4. The van der Waals surface area contributed by atoms with Gasteiger partial charge in [-0.25, -0.2) is 4.98 Å². The molecule has 4 nitrogen and oxygen atoms in total. The van der Waals surface area contributed by atoms with Gasteiger partial charge in [-0.1, -0.05) is 24.4 Å². The van der Waals surface area contributed by atoms with E-state index in [9.17, 15) is 5.11 Å². The average molecular weight is 308 g/mol. The molecule has 0 amide bonds. The Morgan fingerprint density at radius 3 is 2.90 bits per heavy atom. The molecule has 0 aliphatic heterocycles. The third kappa shape index (κ3) is 2.93. The van der Waals surface area contributed by atoms with Gasteiger partial charge in [0.05, 0.1) is 23.2 Å². The third-order valence-corrected chi connectivity index (χ3v) is 4.69. The topological polar surface area (TPSA) is 50.1 Å². The summed E-state index contributed by atoms with van der Waals surface area (Å²) in [5.41, 5.74) is 1.99. The maximum atomic E-state index is 10.1. The molecule has 0 saturated heterocycles. The van der Waals surface area contributed by atoms with Gasteiger partial charge in [-0.2, -0.15) is 0 Å². The molecule has 1 aliphatic rings. The highest BCUT2D eigenvalue weighted by Crippen LogP contribution is 2.25. The fourth-order valence-electron chi connectivity index (χ4n) is 3.28. The summed E-state index contributed by atoms with van der Waals surface area (Å²) < 4.78 is 2.10. The lowest BCUT2D eigenvalue weighted by Crippen LogP contribution is -2.43. The smallest absolute Gasteiger partial charge is 0.126 e. The Bertz CT molecular complexity index is 640. The maximum absolute atomic E-state index is 10.1. The lowest BCUT2D eigenvalue weighted by molar-refractivity contribution is 0.0852.